The SMILES string of the molecule is O=C(CSc1nccn1C1CC1)Nc1cccc2c1C(=O)c1ccccc1C2=O. The Morgan fingerprint density at radius 3 is 2.52 bits per heavy atom. The molecular weight excluding hydrogens is 386 g/mol. The first-order chi connectivity index (χ1) is 14.1. The predicted octanol–water partition coefficient (Wildman–Crippen LogP) is 3.72. The molecule has 6 nitrogen and oxygen atoms in total. The third-order valence-electron chi connectivity index (χ3n) is 5.13. The molecule has 2 aromatic carbocycles. The molecule has 1 N–H and O–H groups in total. The van der Waals surface area contributed by atoms with Crippen LogP contribution in [-0.2, 0) is 4.79 Å². The largest absolute Gasteiger partial charge is 0.325 e. The fourth-order valence-electron chi connectivity index (χ4n) is 3.61. The number of carbonyl (C=O) groups is 3. The molecule has 3 aromatic rings. The number of thioether (sulfide) groups is 1. The fourth-order valence-corrected chi connectivity index (χ4v) is 4.43. The Kier molecular flexibility index (Phi) is 4.32. The molecule has 0 radical (unpaired) electrons. The molecule has 29 heavy (non-hydrogen) atoms. The molecule has 2 aliphatic rings. The number of fused-ring (bicyclic) bond motifs is 2. The van der Waals surface area contributed by atoms with E-state index in [1.165, 1.54) is 11.8 Å². The molecule has 1 heterocycles. The van der Waals surface area contributed by atoms with Crippen molar-refractivity contribution in [1.82, 2.24) is 9.55 Å². The third kappa shape index (κ3) is 3.17. The topological polar surface area (TPSA) is 81.1 Å². The van der Waals surface area contributed by atoms with E-state index in [9.17, 15) is 14.4 Å². The van der Waals surface area contributed by atoms with Crippen molar-refractivity contribution in [3.8, 4) is 0 Å². The van der Waals surface area contributed by atoms with E-state index in [1.807, 2.05) is 6.20 Å². The number of nitrogens with one attached hydrogen (secondary N) is 1. The third-order valence-corrected chi connectivity index (χ3v) is 6.11. The van der Waals surface area contributed by atoms with Gasteiger partial charge < -0.3 is 9.88 Å². The van der Waals surface area contributed by atoms with Gasteiger partial charge in [-0.15, -0.1) is 0 Å². The summed E-state index contributed by atoms with van der Waals surface area (Å²) in [6, 6.07) is 12.2. The second-order valence-electron chi connectivity index (χ2n) is 7.12. The van der Waals surface area contributed by atoms with Crippen LogP contribution in [0.1, 0.15) is 50.7 Å². The summed E-state index contributed by atoms with van der Waals surface area (Å²) in [5.41, 5.74) is 1.72. The summed E-state index contributed by atoms with van der Waals surface area (Å²) < 4.78 is 2.10. The van der Waals surface area contributed by atoms with Crippen LogP contribution in [0.4, 0.5) is 5.69 Å². The summed E-state index contributed by atoms with van der Waals surface area (Å²) in [5, 5.41) is 3.63. The van der Waals surface area contributed by atoms with Crippen LogP contribution in [0.3, 0.4) is 0 Å². The van der Waals surface area contributed by atoms with Crippen LogP contribution in [0.25, 0.3) is 0 Å². The molecule has 1 aromatic heterocycles. The smallest absolute Gasteiger partial charge is 0.234 e. The first kappa shape index (κ1) is 17.9. The molecule has 0 atom stereocenters. The van der Waals surface area contributed by atoms with Gasteiger partial charge in [-0.25, -0.2) is 4.98 Å². The van der Waals surface area contributed by atoms with Gasteiger partial charge in [0.15, 0.2) is 16.7 Å². The van der Waals surface area contributed by atoms with Crippen LogP contribution >= 0.6 is 11.8 Å². The molecule has 7 heteroatoms. The van der Waals surface area contributed by atoms with E-state index in [4.69, 9.17) is 0 Å². The van der Waals surface area contributed by atoms with E-state index in [2.05, 4.69) is 14.9 Å². The minimum absolute atomic E-state index is 0.173. The lowest BCUT2D eigenvalue weighted by atomic mass is 9.83. The van der Waals surface area contributed by atoms with Crippen molar-refractivity contribution in [1.29, 1.82) is 0 Å². The van der Waals surface area contributed by atoms with Gasteiger partial charge in [-0.05, 0) is 18.9 Å². The molecule has 144 valence electrons. The molecule has 5 rings (SSSR count). The highest BCUT2D eigenvalue weighted by atomic mass is 32.2. The van der Waals surface area contributed by atoms with Gasteiger partial charge in [-0.2, -0.15) is 0 Å². The fraction of sp³-hybridized carbons (Fsp3) is 0.182. The minimum Gasteiger partial charge on any atom is -0.325 e. The number of aromatic nitrogens is 2. The maximum Gasteiger partial charge on any atom is 0.234 e. The van der Waals surface area contributed by atoms with Crippen molar-refractivity contribution in [2.24, 2.45) is 0 Å². The Hall–Kier alpha value is -3.19. The zero-order valence-electron chi connectivity index (χ0n) is 15.4. The highest BCUT2D eigenvalue weighted by Gasteiger charge is 2.31. The zero-order valence-corrected chi connectivity index (χ0v) is 16.2. The zero-order chi connectivity index (χ0) is 20.0. The van der Waals surface area contributed by atoms with Gasteiger partial charge in [-0.1, -0.05) is 48.2 Å². The van der Waals surface area contributed by atoms with E-state index in [0.717, 1.165) is 18.0 Å². The normalized spacial score (nSPS) is 15.0. The average molecular weight is 403 g/mol. The number of carbonyl (C=O) groups excluding carboxylic acids is 3. The Labute approximate surface area is 171 Å². The van der Waals surface area contributed by atoms with Crippen LogP contribution in [0, 0.1) is 0 Å². The van der Waals surface area contributed by atoms with Crippen molar-refractivity contribution in [2.45, 2.75) is 24.0 Å². The number of hydrogen-bond donors (Lipinski definition) is 1. The van der Waals surface area contributed by atoms with Crippen LogP contribution in [0.5, 0.6) is 0 Å². The van der Waals surface area contributed by atoms with Gasteiger partial charge in [0.2, 0.25) is 5.91 Å². The molecule has 0 bridgehead atoms. The van der Waals surface area contributed by atoms with Gasteiger partial charge in [0.05, 0.1) is 17.0 Å². The van der Waals surface area contributed by atoms with Gasteiger partial charge >= 0.3 is 0 Å². The minimum atomic E-state index is -0.247. The number of ketones is 2. The molecule has 1 saturated carbocycles. The van der Waals surface area contributed by atoms with Crippen molar-refractivity contribution < 1.29 is 14.4 Å². The van der Waals surface area contributed by atoms with Crippen LogP contribution in [0.15, 0.2) is 60.0 Å². The standard InChI is InChI=1S/C22H17N3O3S/c26-18(12-29-22-23-10-11-25(22)13-8-9-13)24-17-7-3-6-16-19(17)21(28)15-5-2-1-4-14(15)20(16)27/h1-7,10-11,13H,8-9,12H2,(H,24,26). The monoisotopic (exact) mass is 403 g/mol. The molecule has 0 saturated heterocycles. The number of hydrogen-bond acceptors (Lipinski definition) is 5. The van der Waals surface area contributed by atoms with Crippen molar-refractivity contribution in [3.05, 3.63) is 77.1 Å². The Bertz CT molecular complexity index is 1160. The number of benzene rings is 2. The van der Waals surface area contributed by atoms with Gasteiger partial charge in [0.1, 0.15) is 0 Å². The van der Waals surface area contributed by atoms with Gasteiger partial charge in [0, 0.05) is 35.1 Å². The van der Waals surface area contributed by atoms with E-state index >= 15 is 0 Å². The Morgan fingerprint density at radius 2 is 1.76 bits per heavy atom. The predicted molar refractivity (Wildman–Crippen MR) is 110 cm³/mol. The number of anilines is 1. The highest BCUT2D eigenvalue weighted by Crippen LogP contribution is 2.37. The lowest BCUT2D eigenvalue weighted by molar-refractivity contribution is -0.113. The number of amides is 1. The molecule has 1 fully saturated rings. The second-order valence-corrected chi connectivity index (χ2v) is 8.06. The van der Waals surface area contributed by atoms with Crippen molar-refractivity contribution >= 4 is 34.9 Å². The van der Waals surface area contributed by atoms with Gasteiger partial charge in [-0.3, -0.25) is 14.4 Å². The van der Waals surface area contributed by atoms with Crippen LogP contribution < -0.4 is 5.32 Å². The lowest BCUT2D eigenvalue weighted by Crippen LogP contribution is -2.24. The summed E-state index contributed by atoms with van der Waals surface area (Å²) in [4.78, 5) is 42.7. The Morgan fingerprint density at radius 1 is 1.03 bits per heavy atom. The number of imidazole rings is 1. The van der Waals surface area contributed by atoms with Crippen LogP contribution in [0.2, 0.25) is 0 Å². The average Bonchev–Trinajstić information content (AvgIpc) is 3.48. The molecular formula is C22H17N3O3S. The summed E-state index contributed by atoms with van der Waals surface area (Å²) >= 11 is 1.36. The maximum absolute atomic E-state index is 13.0. The summed E-state index contributed by atoms with van der Waals surface area (Å²) in [7, 11) is 0. The first-order valence-corrected chi connectivity index (χ1v) is 10.4. The van der Waals surface area contributed by atoms with E-state index in [1.54, 1.807) is 48.7 Å². The molecule has 0 aliphatic heterocycles. The second kappa shape index (κ2) is 7.00. The molecule has 0 unspecified atom stereocenters. The summed E-state index contributed by atoms with van der Waals surface area (Å²) in [6.45, 7) is 0. The van der Waals surface area contributed by atoms with E-state index in [-0.39, 0.29) is 28.8 Å². The van der Waals surface area contributed by atoms with E-state index in [0.29, 0.717) is 28.4 Å². The Balaban J connectivity index is 1.37. The van der Waals surface area contributed by atoms with Crippen molar-refractivity contribution in [3.63, 3.8) is 0 Å². The first-order valence-electron chi connectivity index (χ1n) is 9.40. The quantitative estimate of drug-likeness (QED) is 0.514. The summed E-state index contributed by atoms with van der Waals surface area (Å²) in [5.74, 6) is -0.519. The van der Waals surface area contributed by atoms with E-state index < -0.39 is 0 Å². The molecule has 2 aliphatic carbocycles. The van der Waals surface area contributed by atoms with Gasteiger partial charge in [0.25, 0.3) is 0 Å². The number of nitrogens with zero attached hydrogens (tertiary/aromatic N) is 2. The lowest BCUT2D eigenvalue weighted by Gasteiger charge is -2.20. The van der Waals surface area contributed by atoms with Crippen molar-refractivity contribution in [2.75, 3.05) is 11.1 Å². The molecule has 0 spiro atoms. The highest BCUT2D eigenvalue weighted by molar-refractivity contribution is 7.99. The number of rotatable bonds is 5. The van der Waals surface area contributed by atoms with Crippen LogP contribution in [-0.4, -0.2) is 32.8 Å². The maximum atomic E-state index is 13.0. The summed E-state index contributed by atoms with van der Waals surface area (Å²) in [6.07, 6.45) is 5.97. The molecule has 1 amide bonds.